The highest BCUT2D eigenvalue weighted by Gasteiger charge is 2.39. The predicted molar refractivity (Wildman–Crippen MR) is 103 cm³/mol. The number of methoxy groups -OCH3 is 1. The summed E-state index contributed by atoms with van der Waals surface area (Å²) < 4.78 is 4.84. The number of carbonyl (C=O) groups excluding carboxylic acids is 1. The molecule has 0 radical (unpaired) electrons. The highest BCUT2D eigenvalue weighted by Crippen LogP contribution is 2.32. The van der Waals surface area contributed by atoms with Crippen molar-refractivity contribution in [2.45, 2.75) is 25.7 Å². The number of aryl methyl sites for hydroxylation is 2. The molecule has 0 saturated carbocycles. The van der Waals surface area contributed by atoms with Crippen LogP contribution in [0.25, 0.3) is 0 Å². The Morgan fingerprint density at radius 1 is 0.931 bits per heavy atom. The quantitative estimate of drug-likeness (QED) is 0.357. The molecule has 150 valence electrons. The minimum absolute atomic E-state index is 0.0357. The van der Waals surface area contributed by atoms with Crippen molar-refractivity contribution in [1.82, 2.24) is 0 Å². The van der Waals surface area contributed by atoms with Gasteiger partial charge in [0.15, 0.2) is 5.41 Å². The molecule has 0 amide bonds. The lowest BCUT2D eigenvalue weighted by molar-refractivity contribution is -0.385. The molecule has 29 heavy (non-hydrogen) atoms. The summed E-state index contributed by atoms with van der Waals surface area (Å²) in [7, 11) is 1.21. The number of benzene rings is 2. The standard InChI is InChI=1S/C20H19N3O6/c1-29-19(24)20(14-21,12-10-15-2-6-17(7-3-15)22(25)26)13-11-16-4-8-18(9-5-16)23(27)28/h2-9H,10-13H2,1H3. The third-order valence-corrected chi connectivity index (χ3v) is 4.77. The van der Waals surface area contributed by atoms with E-state index in [0.29, 0.717) is 12.8 Å². The Morgan fingerprint density at radius 3 is 1.59 bits per heavy atom. The van der Waals surface area contributed by atoms with E-state index in [4.69, 9.17) is 4.74 Å². The Kier molecular flexibility index (Phi) is 6.98. The van der Waals surface area contributed by atoms with Gasteiger partial charge in [-0.2, -0.15) is 5.26 Å². The average Bonchev–Trinajstić information content (AvgIpc) is 2.74. The molecular weight excluding hydrogens is 378 g/mol. The molecule has 9 heteroatoms. The summed E-state index contributed by atoms with van der Waals surface area (Å²) in [6.07, 6.45) is 1.09. The number of ether oxygens (including phenoxy) is 1. The molecule has 0 saturated heterocycles. The van der Waals surface area contributed by atoms with Crippen molar-refractivity contribution < 1.29 is 19.4 Å². The van der Waals surface area contributed by atoms with Gasteiger partial charge in [0, 0.05) is 24.3 Å². The molecule has 0 aromatic heterocycles. The van der Waals surface area contributed by atoms with Gasteiger partial charge >= 0.3 is 5.97 Å². The van der Waals surface area contributed by atoms with Gasteiger partial charge in [-0.05, 0) is 36.8 Å². The first-order chi connectivity index (χ1) is 13.8. The maximum absolute atomic E-state index is 12.4. The van der Waals surface area contributed by atoms with Gasteiger partial charge in [0.05, 0.1) is 23.0 Å². The molecule has 0 aliphatic heterocycles. The number of hydrogen-bond acceptors (Lipinski definition) is 7. The summed E-state index contributed by atoms with van der Waals surface area (Å²) >= 11 is 0. The van der Waals surface area contributed by atoms with Crippen LogP contribution in [0.5, 0.6) is 0 Å². The minimum atomic E-state index is -1.39. The molecule has 0 aliphatic rings. The van der Waals surface area contributed by atoms with Gasteiger partial charge < -0.3 is 4.74 Å². The van der Waals surface area contributed by atoms with Crippen molar-refractivity contribution >= 4 is 17.3 Å². The van der Waals surface area contributed by atoms with Crippen molar-refractivity contribution in [3.05, 3.63) is 79.9 Å². The van der Waals surface area contributed by atoms with E-state index in [1.54, 1.807) is 24.3 Å². The Bertz CT molecular complexity index is 871. The van der Waals surface area contributed by atoms with Crippen LogP contribution in [-0.2, 0) is 22.4 Å². The van der Waals surface area contributed by atoms with Gasteiger partial charge in [-0.25, -0.2) is 0 Å². The first-order valence-electron chi connectivity index (χ1n) is 8.77. The number of nitriles is 1. The van der Waals surface area contributed by atoms with Gasteiger partial charge in [0.1, 0.15) is 0 Å². The SMILES string of the molecule is COC(=O)C(C#N)(CCc1ccc([N+](=O)[O-])cc1)CCc1ccc([N+](=O)[O-])cc1. The second-order valence-electron chi connectivity index (χ2n) is 6.53. The molecule has 0 unspecified atom stereocenters. The summed E-state index contributed by atoms with van der Waals surface area (Å²) in [6.45, 7) is 0. The highest BCUT2D eigenvalue weighted by atomic mass is 16.6. The lowest BCUT2D eigenvalue weighted by Gasteiger charge is -2.23. The fraction of sp³-hybridized carbons (Fsp3) is 0.300. The van der Waals surface area contributed by atoms with Crippen LogP contribution in [0.4, 0.5) is 11.4 Å². The summed E-state index contributed by atoms with van der Waals surface area (Å²) in [4.78, 5) is 32.9. The van der Waals surface area contributed by atoms with Gasteiger partial charge in [0.2, 0.25) is 0 Å². The van der Waals surface area contributed by atoms with Crippen LogP contribution < -0.4 is 0 Å². The maximum atomic E-state index is 12.4. The van der Waals surface area contributed by atoms with Crippen LogP contribution in [-0.4, -0.2) is 22.9 Å². The van der Waals surface area contributed by atoms with Crippen LogP contribution in [0.3, 0.4) is 0 Å². The molecule has 2 rings (SSSR count). The number of rotatable bonds is 9. The zero-order chi connectivity index (χ0) is 21.4. The van der Waals surface area contributed by atoms with E-state index in [9.17, 15) is 30.3 Å². The number of hydrogen-bond donors (Lipinski definition) is 0. The average molecular weight is 397 g/mol. The molecule has 0 atom stereocenters. The molecule has 0 bridgehead atoms. The van der Waals surface area contributed by atoms with E-state index < -0.39 is 21.2 Å². The van der Waals surface area contributed by atoms with Crippen molar-refractivity contribution in [3.63, 3.8) is 0 Å². The van der Waals surface area contributed by atoms with E-state index in [0.717, 1.165) is 11.1 Å². The second kappa shape index (κ2) is 9.41. The third-order valence-electron chi connectivity index (χ3n) is 4.77. The zero-order valence-corrected chi connectivity index (χ0v) is 15.7. The van der Waals surface area contributed by atoms with Crippen LogP contribution in [0.2, 0.25) is 0 Å². The largest absolute Gasteiger partial charge is 0.468 e. The van der Waals surface area contributed by atoms with Crippen molar-refractivity contribution in [3.8, 4) is 6.07 Å². The number of esters is 1. The summed E-state index contributed by atoms with van der Waals surface area (Å²) in [5, 5.41) is 31.2. The molecule has 2 aromatic rings. The Hall–Kier alpha value is -3.80. The van der Waals surface area contributed by atoms with E-state index >= 15 is 0 Å². The Balaban J connectivity index is 2.13. The smallest absolute Gasteiger partial charge is 0.326 e. The third kappa shape index (κ3) is 5.35. The normalized spacial score (nSPS) is 10.8. The molecule has 0 fully saturated rings. The van der Waals surface area contributed by atoms with Crippen molar-refractivity contribution in [2.75, 3.05) is 7.11 Å². The van der Waals surface area contributed by atoms with Crippen LogP contribution in [0, 0.1) is 37.0 Å². The minimum Gasteiger partial charge on any atom is -0.468 e. The highest BCUT2D eigenvalue weighted by molar-refractivity contribution is 5.80. The van der Waals surface area contributed by atoms with E-state index in [2.05, 4.69) is 6.07 Å². The lowest BCUT2D eigenvalue weighted by atomic mass is 9.78. The van der Waals surface area contributed by atoms with Gasteiger partial charge in [0.25, 0.3) is 11.4 Å². The predicted octanol–water partition coefficient (Wildman–Crippen LogP) is 3.75. The zero-order valence-electron chi connectivity index (χ0n) is 15.7. The van der Waals surface area contributed by atoms with E-state index in [-0.39, 0.29) is 24.2 Å². The molecule has 0 N–H and O–H groups in total. The molecule has 9 nitrogen and oxygen atoms in total. The maximum Gasteiger partial charge on any atom is 0.326 e. The number of nitro groups is 2. The Labute approximate surface area is 166 Å². The second-order valence-corrected chi connectivity index (χ2v) is 6.53. The molecule has 2 aromatic carbocycles. The fourth-order valence-corrected chi connectivity index (χ4v) is 2.97. The van der Waals surface area contributed by atoms with Crippen LogP contribution >= 0.6 is 0 Å². The van der Waals surface area contributed by atoms with Crippen molar-refractivity contribution in [2.24, 2.45) is 5.41 Å². The Morgan fingerprint density at radius 2 is 1.31 bits per heavy atom. The first-order valence-corrected chi connectivity index (χ1v) is 8.77. The molecule has 0 spiro atoms. The fourth-order valence-electron chi connectivity index (χ4n) is 2.97. The molecule has 0 heterocycles. The lowest BCUT2D eigenvalue weighted by Crippen LogP contribution is -2.32. The molecular formula is C20H19N3O6. The summed E-state index contributed by atoms with van der Waals surface area (Å²) in [6, 6.07) is 13.9. The number of non-ortho nitro benzene ring substituents is 2. The van der Waals surface area contributed by atoms with Crippen LogP contribution in [0.1, 0.15) is 24.0 Å². The van der Waals surface area contributed by atoms with E-state index in [1.165, 1.54) is 31.4 Å². The first kappa shape index (κ1) is 21.5. The summed E-state index contributed by atoms with van der Waals surface area (Å²) in [5.41, 5.74) is 0.0555. The number of nitrogens with zero attached hydrogens (tertiary/aromatic N) is 3. The summed E-state index contributed by atoms with van der Waals surface area (Å²) in [5.74, 6) is -0.649. The van der Waals surface area contributed by atoms with Gasteiger partial charge in [-0.3, -0.25) is 25.0 Å². The topological polar surface area (TPSA) is 136 Å². The van der Waals surface area contributed by atoms with Gasteiger partial charge in [-0.15, -0.1) is 0 Å². The van der Waals surface area contributed by atoms with E-state index in [1.807, 2.05) is 0 Å². The van der Waals surface area contributed by atoms with Gasteiger partial charge in [-0.1, -0.05) is 24.3 Å². The van der Waals surface area contributed by atoms with Crippen molar-refractivity contribution in [1.29, 1.82) is 5.26 Å². The van der Waals surface area contributed by atoms with Crippen LogP contribution in [0.15, 0.2) is 48.5 Å². The monoisotopic (exact) mass is 397 g/mol. The molecule has 0 aliphatic carbocycles. The number of carbonyl (C=O) groups is 1. The number of nitro benzene ring substituents is 2.